The van der Waals surface area contributed by atoms with Crippen molar-refractivity contribution in [1.82, 2.24) is 5.32 Å². The molecule has 5 heteroatoms. The summed E-state index contributed by atoms with van der Waals surface area (Å²) in [5, 5.41) is 12.6. The monoisotopic (exact) mass is 345 g/mol. The van der Waals surface area contributed by atoms with E-state index in [9.17, 15) is 4.79 Å². The Morgan fingerprint density at radius 1 is 1.37 bits per heavy atom. The Morgan fingerprint density at radius 3 is 2.68 bits per heavy atom. The Kier molecular flexibility index (Phi) is 5.25. The zero-order valence-electron chi connectivity index (χ0n) is 10.5. The fraction of sp³-hybridized carbons (Fsp3) is 0.500. The number of amides is 1. The maximum atomic E-state index is 12.2. The predicted molar refractivity (Wildman–Crippen MR) is 79.5 cm³/mol. The molecule has 0 saturated heterocycles. The minimum atomic E-state index is -0.126. The highest BCUT2D eigenvalue weighted by molar-refractivity contribution is 9.10. The highest BCUT2D eigenvalue weighted by Gasteiger charge is 2.22. The lowest BCUT2D eigenvalue weighted by Gasteiger charge is -2.28. The fourth-order valence-electron chi connectivity index (χ4n) is 2.42. The van der Waals surface area contributed by atoms with Crippen LogP contribution in [-0.4, -0.2) is 23.7 Å². The van der Waals surface area contributed by atoms with Gasteiger partial charge in [-0.25, -0.2) is 0 Å². The first kappa shape index (κ1) is 14.8. The minimum Gasteiger partial charge on any atom is -0.396 e. The molecule has 1 aliphatic rings. The van der Waals surface area contributed by atoms with E-state index in [-0.39, 0.29) is 18.6 Å². The molecule has 0 bridgehead atoms. The number of halogens is 2. The van der Waals surface area contributed by atoms with Gasteiger partial charge in [-0.3, -0.25) is 4.79 Å². The third kappa shape index (κ3) is 3.94. The maximum Gasteiger partial charge on any atom is 0.253 e. The van der Waals surface area contributed by atoms with Crippen molar-refractivity contribution < 1.29 is 9.90 Å². The third-order valence-electron chi connectivity index (χ3n) is 3.61. The average molecular weight is 347 g/mol. The van der Waals surface area contributed by atoms with Crippen LogP contribution in [0.5, 0.6) is 0 Å². The summed E-state index contributed by atoms with van der Waals surface area (Å²) < 4.78 is 0.839. The molecule has 19 heavy (non-hydrogen) atoms. The van der Waals surface area contributed by atoms with Gasteiger partial charge in [0.25, 0.3) is 5.91 Å². The number of hydrogen-bond acceptors (Lipinski definition) is 2. The zero-order valence-corrected chi connectivity index (χ0v) is 12.9. The first-order valence-corrected chi connectivity index (χ1v) is 7.64. The molecule has 0 spiro atoms. The van der Waals surface area contributed by atoms with Gasteiger partial charge in [-0.2, -0.15) is 0 Å². The number of hydrogen-bond donors (Lipinski definition) is 2. The number of nitrogens with one attached hydrogen (secondary N) is 1. The van der Waals surface area contributed by atoms with E-state index >= 15 is 0 Å². The summed E-state index contributed by atoms with van der Waals surface area (Å²) >= 11 is 9.38. The molecule has 0 heterocycles. The summed E-state index contributed by atoms with van der Waals surface area (Å²) in [6.07, 6.45) is 3.77. The highest BCUT2D eigenvalue weighted by Crippen LogP contribution is 2.25. The molecule has 1 aromatic carbocycles. The van der Waals surface area contributed by atoms with Crippen LogP contribution in [0, 0.1) is 5.92 Å². The van der Waals surface area contributed by atoms with Crippen LogP contribution in [0.25, 0.3) is 0 Å². The Morgan fingerprint density at radius 2 is 2.05 bits per heavy atom. The lowest BCUT2D eigenvalue weighted by Crippen LogP contribution is -2.38. The summed E-state index contributed by atoms with van der Waals surface area (Å²) in [5.41, 5.74) is 0.500. The van der Waals surface area contributed by atoms with Gasteiger partial charge in [0, 0.05) is 17.1 Å². The Hall–Kier alpha value is -0.580. The van der Waals surface area contributed by atoms with Crippen LogP contribution in [-0.2, 0) is 0 Å². The van der Waals surface area contributed by atoms with E-state index in [4.69, 9.17) is 16.7 Å². The van der Waals surface area contributed by atoms with E-state index in [0.29, 0.717) is 16.5 Å². The molecular formula is C14H17BrClNO2. The van der Waals surface area contributed by atoms with Gasteiger partial charge in [-0.15, -0.1) is 0 Å². The minimum absolute atomic E-state index is 0.126. The largest absolute Gasteiger partial charge is 0.396 e. The Bertz CT molecular complexity index is 459. The van der Waals surface area contributed by atoms with E-state index in [2.05, 4.69) is 21.2 Å². The molecule has 3 nitrogen and oxygen atoms in total. The van der Waals surface area contributed by atoms with Gasteiger partial charge in [0.15, 0.2) is 0 Å². The molecule has 0 aliphatic heterocycles. The molecular weight excluding hydrogens is 330 g/mol. The average Bonchev–Trinajstić information content (AvgIpc) is 2.42. The van der Waals surface area contributed by atoms with Crippen LogP contribution in [0.4, 0.5) is 0 Å². The summed E-state index contributed by atoms with van der Waals surface area (Å²) in [7, 11) is 0. The third-order valence-corrected chi connectivity index (χ3v) is 4.44. The van der Waals surface area contributed by atoms with Crippen molar-refractivity contribution in [2.75, 3.05) is 6.61 Å². The number of aliphatic hydroxyl groups excluding tert-OH is 1. The molecule has 0 unspecified atom stereocenters. The van der Waals surface area contributed by atoms with Crippen molar-refractivity contribution in [3.63, 3.8) is 0 Å². The molecule has 104 valence electrons. The SMILES string of the molecule is O=C(NC1CCC(CO)CC1)c1cc(Br)ccc1Cl. The van der Waals surface area contributed by atoms with E-state index in [1.54, 1.807) is 12.1 Å². The van der Waals surface area contributed by atoms with Gasteiger partial charge in [0.05, 0.1) is 10.6 Å². The van der Waals surface area contributed by atoms with Gasteiger partial charge in [-0.05, 0) is 49.8 Å². The summed E-state index contributed by atoms with van der Waals surface area (Å²) in [5.74, 6) is 0.265. The van der Waals surface area contributed by atoms with Crippen molar-refractivity contribution in [2.45, 2.75) is 31.7 Å². The number of rotatable bonds is 3. The van der Waals surface area contributed by atoms with Crippen LogP contribution >= 0.6 is 27.5 Å². The van der Waals surface area contributed by atoms with Gasteiger partial charge in [0.2, 0.25) is 0 Å². The molecule has 1 aliphatic carbocycles. The Balaban J connectivity index is 1.96. The van der Waals surface area contributed by atoms with E-state index in [1.165, 1.54) is 0 Å². The normalized spacial score (nSPS) is 23.1. The zero-order chi connectivity index (χ0) is 13.8. The molecule has 0 atom stereocenters. The van der Waals surface area contributed by atoms with Gasteiger partial charge in [-0.1, -0.05) is 27.5 Å². The standard InChI is InChI=1S/C14H17BrClNO2/c15-10-3-6-13(16)12(7-10)14(19)17-11-4-1-9(8-18)2-5-11/h3,6-7,9,11,18H,1-2,4-5,8H2,(H,17,19). The van der Waals surface area contributed by atoms with Crippen molar-refractivity contribution in [2.24, 2.45) is 5.92 Å². The predicted octanol–water partition coefficient (Wildman–Crippen LogP) is 3.38. The van der Waals surface area contributed by atoms with Crippen LogP contribution in [0.3, 0.4) is 0 Å². The summed E-state index contributed by atoms with van der Waals surface area (Å²) in [6, 6.07) is 5.44. The van der Waals surface area contributed by atoms with E-state index < -0.39 is 0 Å². The van der Waals surface area contributed by atoms with Gasteiger partial charge >= 0.3 is 0 Å². The van der Waals surface area contributed by atoms with E-state index in [1.807, 2.05) is 6.07 Å². The Labute approximate surface area is 126 Å². The van der Waals surface area contributed by atoms with Crippen molar-refractivity contribution in [1.29, 1.82) is 0 Å². The molecule has 1 fully saturated rings. The van der Waals surface area contributed by atoms with Crippen molar-refractivity contribution >= 4 is 33.4 Å². The molecule has 1 amide bonds. The number of carbonyl (C=O) groups excluding carboxylic acids is 1. The lowest BCUT2D eigenvalue weighted by molar-refractivity contribution is 0.0914. The number of benzene rings is 1. The van der Waals surface area contributed by atoms with E-state index in [0.717, 1.165) is 30.2 Å². The van der Waals surface area contributed by atoms with Crippen LogP contribution in [0.1, 0.15) is 36.0 Å². The highest BCUT2D eigenvalue weighted by atomic mass is 79.9. The summed E-state index contributed by atoms with van der Waals surface area (Å²) in [4.78, 5) is 12.2. The molecule has 1 saturated carbocycles. The first-order valence-electron chi connectivity index (χ1n) is 6.47. The second-order valence-electron chi connectivity index (χ2n) is 5.00. The van der Waals surface area contributed by atoms with Crippen molar-refractivity contribution in [3.8, 4) is 0 Å². The first-order chi connectivity index (χ1) is 9.10. The topological polar surface area (TPSA) is 49.3 Å². The molecule has 2 rings (SSSR count). The molecule has 1 aromatic rings. The van der Waals surface area contributed by atoms with Gasteiger partial charge < -0.3 is 10.4 Å². The second-order valence-corrected chi connectivity index (χ2v) is 6.32. The number of carbonyl (C=O) groups is 1. The smallest absolute Gasteiger partial charge is 0.253 e. The van der Waals surface area contributed by atoms with Gasteiger partial charge in [0.1, 0.15) is 0 Å². The number of aliphatic hydroxyl groups is 1. The van der Waals surface area contributed by atoms with Crippen LogP contribution in [0.15, 0.2) is 22.7 Å². The fourth-order valence-corrected chi connectivity index (χ4v) is 2.99. The molecule has 0 radical (unpaired) electrons. The summed E-state index contributed by atoms with van der Waals surface area (Å²) in [6.45, 7) is 0.248. The van der Waals surface area contributed by atoms with Crippen molar-refractivity contribution in [3.05, 3.63) is 33.3 Å². The van der Waals surface area contributed by atoms with Crippen LogP contribution in [0.2, 0.25) is 5.02 Å². The maximum absolute atomic E-state index is 12.2. The lowest BCUT2D eigenvalue weighted by atomic mass is 9.86. The quantitative estimate of drug-likeness (QED) is 0.881. The second kappa shape index (κ2) is 6.73. The van der Waals surface area contributed by atoms with Crippen LogP contribution < -0.4 is 5.32 Å². The molecule has 0 aromatic heterocycles. The molecule has 2 N–H and O–H groups in total.